The lowest BCUT2D eigenvalue weighted by atomic mass is 10.1. The first-order chi connectivity index (χ1) is 20.9. The van der Waals surface area contributed by atoms with E-state index in [1.54, 1.807) is 30.3 Å². The number of carbonyl (C=O) groups is 2. The Labute approximate surface area is 246 Å². The number of nitriles is 1. The normalized spacial score (nSPS) is 10.9. The van der Waals surface area contributed by atoms with Gasteiger partial charge in [-0.25, -0.2) is 9.18 Å². The number of halogens is 1. The number of aromatic carboxylic acids is 1. The van der Waals surface area contributed by atoms with Crippen molar-refractivity contribution in [3.8, 4) is 6.07 Å². The van der Waals surface area contributed by atoms with Crippen molar-refractivity contribution in [1.82, 2.24) is 9.88 Å². The molecule has 3 N–H and O–H groups in total. The minimum Gasteiger partial charge on any atom is -0.478 e. The second kappa shape index (κ2) is 11.5. The van der Waals surface area contributed by atoms with Gasteiger partial charge < -0.3 is 20.3 Å². The number of hydrogen-bond donors (Lipinski definition) is 3. The molecule has 7 nitrogen and oxygen atoms in total. The molecule has 0 spiro atoms. The topological polar surface area (TPSA) is 107 Å². The summed E-state index contributed by atoms with van der Waals surface area (Å²) in [6.45, 7) is 0.721. The zero-order valence-electron chi connectivity index (χ0n) is 22.8. The molecule has 0 radical (unpaired) electrons. The number of anilines is 2. The standard InChI is InChI=1S/C35H25FN4O3/c36-28-16-24(19-37)17-29(18-28)39-32-12-11-31(34(41)38-20-22-5-9-26(10-6-22)35(42)43)33-30(32)13-14-40(33)21-23-7-8-25-3-1-2-4-27(25)15-23/h1-18,39H,20-21H2,(H,38,41)(H,42,43). The molecule has 6 aromatic rings. The van der Waals surface area contributed by atoms with Crippen LogP contribution in [0.25, 0.3) is 21.7 Å². The van der Waals surface area contributed by atoms with Crippen LogP contribution in [-0.4, -0.2) is 21.6 Å². The molecule has 6 rings (SSSR count). The van der Waals surface area contributed by atoms with Crippen molar-refractivity contribution in [2.45, 2.75) is 13.1 Å². The Balaban J connectivity index is 1.36. The van der Waals surface area contributed by atoms with Crippen LogP contribution in [0.3, 0.4) is 0 Å². The number of rotatable bonds is 8. The number of aromatic nitrogens is 1. The van der Waals surface area contributed by atoms with E-state index in [0.29, 0.717) is 29.0 Å². The molecule has 5 aromatic carbocycles. The Hall–Kier alpha value is -5.94. The maximum Gasteiger partial charge on any atom is 0.335 e. The SMILES string of the molecule is N#Cc1cc(F)cc(Nc2ccc(C(=O)NCc3ccc(C(=O)O)cc3)c3c2ccn3Cc2ccc3ccccc3c2)c1. The number of nitrogens with zero attached hydrogens (tertiary/aromatic N) is 2. The largest absolute Gasteiger partial charge is 0.478 e. The maximum atomic E-state index is 14.2. The van der Waals surface area contributed by atoms with Crippen LogP contribution in [0.4, 0.5) is 15.8 Å². The number of nitrogens with one attached hydrogen (secondary N) is 2. The molecular formula is C35H25FN4O3. The third kappa shape index (κ3) is 5.78. The number of hydrogen-bond acceptors (Lipinski definition) is 4. The summed E-state index contributed by atoms with van der Waals surface area (Å²) >= 11 is 0. The van der Waals surface area contributed by atoms with Gasteiger partial charge in [-0.1, -0.05) is 48.5 Å². The predicted molar refractivity (Wildman–Crippen MR) is 164 cm³/mol. The van der Waals surface area contributed by atoms with E-state index in [1.807, 2.05) is 35.0 Å². The van der Waals surface area contributed by atoms with Crippen LogP contribution >= 0.6 is 0 Å². The molecular weight excluding hydrogens is 543 g/mol. The van der Waals surface area contributed by atoms with Gasteiger partial charge in [-0.3, -0.25) is 4.79 Å². The predicted octanol–water partition coefficient (Wildman–Crippen LogP) is 7.23. The highest BCUT2D eigenvalue weighted by Gasteiger charge is 2.17. The van der Waals surface area contributed by atoms with Gasteiger partial charge in [0.1, 0.15) is 5.82 Å². The minimum absolute atomic E-state index is 0.173. The van der Waals surface area contributed by atoms with Crippen LogP contribution in [-0.2, 0) is 13.1 Å². The zero-order valence-corrected chi connectivity index (χ0v) is 22.8. The first kappa shape index (κ1) is 27.2. The van der Waals surface area contributed by atoms with Crippen molar-refractivity contribution in [2.24, 2.45) is 0 Å². The fourth-order valence-electron chi connectivity index (χ4n) is 5.21. The quantitative estimate of drug-likeness (QED) is 0.180. The zero-order chi connectivity index (χ0) is 29.9. The van der Waals surface area contributed by atoms with E-state index in [-0.39, 0.29) is 23.6 Å². The smallest absolute Gasteiger partial charge is 0.335 e. The lowest BCUT2D eigenvalue weighted by Gasteiger charge is -2.15. The molecule has 1 amide bonds. The van der Waals surface area contributed by atoms with Crippen molar-refractivity contribution >= 4 is 44.9 Å². The summed E-state index contributed by atoms with van der Waals surface area (Å²) in [4.78, 5) is 24.7. The molecule has 0 aliphatic heterocycles. The van der Waals surface area contributed by atoms with Gasteiger partial charge in [-0.15, -0.1) is 0 Å². The minimum atomic E-state index is -1.01. The van der Waals surface area contributed by atoms with Gasteiger partial charge in [-0.05, 0) is 76.5 Å². The van der Waals surface area contributed by atoms with Crippen molar-refractivity contribution in [1.29, 1.82) is 5.26 Å². The molecule has 210 valence electrons. The highest BCUT2D eigenvalue weighted by molar-refractivity contribution is 6.09. The first-order valence-corrected chi connectivity index (χ1v) is 13.6. The lowest BCUT2D eigenvalue weighted by molar-refractivity contribution is 0.0696. The fourth-order valence-corrected chi connectivity index (χ4v) is 5.21. The summed E-state index contributed by atoms with van der Waals surface area (Å²) in [5.74, 6) is -1.84. The second-order valence-electron chi connectivity index (χ2n) is 10.2. The Morgan fingerprint density at radius 3 is 2.40 bits per heavy atom. The number of carboxylic acid groups (broad SMARTS) is 1. The number of carbonyl (C=O) groups excluding carboxylic acids is 1. The molecule has 1 aromatic heterocycles. The summed E-state index contributed by atoms with van der Waals surface area (Å²) in [5, 5.41) is 27.6. The number of carboxylic acids is 1. The monoisotopic (exact) mass is 568 g/mol. The summed E-state index contributed by atoms with van der Waals surface area (Å²) in [5.41, 5.74) is 4.40. The third-order valence-electron chi connectivity index (χ3n) is 7.30. The Morgan fingerprint density at radius 1 is 0.860 bits per heavy atom. The van der Waals surface area contributed by atoms with E-state index in [2.05, 4.69) is 41.0 Å². The second-order valence-corrected chi connectivity index (χ2v) is 10.2. The average Bonchev–Trinajstić information content (AvgIpc) is 3.43. The highest BCUT2D eigenvalue weighted by Crippen LogP contribution is 2.32. The Morgan fingerprint density at radius 2 is 1.63 bits per heavy atom. The van der Waals surface area contributed by atoms with Gasteiger partial charge >= 0.3 is 5.97 Å². The fraction of sp³-hybridized carbons (Fsp3) is 0.0571. The lowest BCUT2D eigenvalue weighted by Crippen LogP contribution is -2.23. The van der Waals surface area contributed by atoms with Gasteiger partial charge in [0.05, 0.1) is 28.3 Å². The molecule has 0 aliphatic carbocycles. The van der Waals surface area contributed by atoms with Crippen LogP contribution in [0.5, 0.6) is 0 Å². The molecule has 0 saturated carbocycles. The summed E-state index contributed by atoms with van der Waals surface area (Å²) in [6, 6.07) is 32.1. The van der Waals surface area contributed by atoms with Gasteiger partial charge in [-0.2, -0.15) is 5.26 Å². The molecule has 0 aliphatic rings. The molecule has 1 heterocycles. The van der Waals surface area contributed by atoms with Crippen molar-refractivity contribution in [2.75, 3.05) is 5.32 Å². The third-order valence-corrected chi connectivity index (χ3v) is 7.30. The number of amides is 1. The van der Waals surface area contributed by atoms with E-state index in [9.17, 15) is 19.2 Å². The van der Waals surface area contributed by atoms with Crippen molar-refractivity contribution < 1.29 is 19.1 Å². The van der Waals surface area contributed by atoms with Crippen molar-refractivity contribution in [3.05, 3.63) is 143 Å². The highest BCUT2D eigenvalue weighted by atomic mass is 19.1. The molecule has 0 fully saturated rings. The van der Waals surface area contributed by atoms with E-state index in [0.717, 1.165) is 27.3 Å². The summed E-state index contributed by atoms with van der Waals surface area (Å²) < 4.78 is 16.2. The van der Waals surface area contributed by atoms with Crippen LogP contribution < -0.4 is 10.6 Å². The summed E-state index contributed by atoms with van der Waals surface area (Å²) in [6.07, 6.45) is 1.92. The Kier molecular flexibility index (Phi) is 7.29. The van der Waals surface area contributed by atoms with Gasteiger partial charge in [0.15, 0.2) is 0 Å². The molecule has 8 heteroatoms. The van der Waals surface area contributed by atoms with Crippen molar-refractivity contribution in [3.63, 3.8) is 0 Å². The first-order valence-electron chi connectivity index (χ1n) is 13.6. The van der Waals surface area contributed by atoms with Crippen LogP contribution in [0.2, 0.25) is 0 Å². The number of benzene rings is 5. The molecule has 0 unspecified atom stereocenters. The van der Waals surface area contributed by atoms with Gasteiger partial charge in [0.25, 0.3) is 5.91 Å². The summed E-state index contributed by atoms with van der Waals surface area (Å²) in [7, 11) is 0. The molecule has 0 atom stereocenters. The van der Waals surface area contributed by atoms with E-state index >= 15 is 0 Å². The number of fused-ring (bicyclic) bond motifs is 2. The van der Waals surface area contributed by atoms with Crippen LogP contribution in [0, 0.1) is 17.1 Å². The van der Waals surface area contributed by atoms with E-state index in [1.165, 1.54) is 24.3 Å². The van der Waals surface area contributed by atoms with E-state index in [4.69, 9.17) is 5.11 Å². The van der Waals surface area contributed by atoms with E-state index < -0.39 is 11.8 Å². The van der Waals surface area contributed by atoms with Gasteiger partial charge in [0, 0.05) is 36.0 Å². The Bertz CT molecular complexity index is 2060. The molecule has 0 bridgehead atoms. The maximum absolute atomic E-state index is 14.2. The molecule has 0 saturated heterocycles. The van der Waals surface area contributed by atoms with Crippen LogP contribution in [0.15, 0.2) is 109 Å². The van der Waals surface area contributed by atoms with Gasteiger partial charge in [0.2, 0.25) is 0 Å². The van der Waals surface area contributed by atoms with Crippen LogP contribution in [0.1, 0.15) is 37.4 Å². The average molecular weight is 569 g/mol. The molecule has 43 heavy (non-hydrogen) atoms.